The summed E-state index contributed by atoms with van der Waals surface area (Å²) < 4.78 is 12.4. The van der Waals surface area contributed by atoms with Crippen molar-refractivity contribution in [2.75, 3.05) is 17.2 Å². The first-order chi connectivity index (χ1) is 14.7. The second kappa shape index (κ2) is 9.08. The molecule has 1 aromatic carbocycles. The van der Waals surface area contributed by atoms with Crippen molar-refractivity contribution in [3.05, 3.63) is 66.4 Å². The highest BCUT2D eigenvalue weighted by Gasteiger charge is 2.11. The van der Waals surface area contributed by atoms with Gasteiger partial charge in [-0.25, -0.2) is 0 Å². The molecule has 4 aromatic rings. The molecule has 0 aliphatic heterocycles. The molecule has 3 aromatic heterocycles. The molecule has 3 heterocycles. The number of furan rings is 1. The molecule has 0 atom stereocenters. The topological polar surface area (TPSA) is 107 Å². The standard InChI is InChI=1S/C21H22N6O3/c1-2-29-16-7-5-15(6-8-16)23-21(28)12-11-20-25-24-19-10-9-18(26-27(19)20)22-14-17-4-3-13-30-17/h3-10,13H,2,11-12,14H2,1H3,(H,22,26)(H,23,28). The van der Waals surface area contributed by atoms with Gasteiger partial charge < -0.3 is 19.8 Å². The summed E-state index contributed by atoms with van der Waals surface area (Å²) in [5.41, 5.74) is 1.34. The zero-order chi connectivity index (χ0) is 20.8. The third kappa shape index (κ3) is 4.75. The lowest BCUT2D eigenvalue weighted by Gasteiger charge is -2.07. The van der Waals surface area contributed by atoms with Crippen LogP contribution in [-0.2, 0) is 17.8 Å². The third-order valence-corrected chi connectivity index (χ3v) is 4.38. The van der Waals surface area contributed by atoms with Crippen molar-refractivity contribution < 1.29 is 13.9 Å². The van der Waals surface area contributed by atoms with E-state index in [0.717, 1.165) is 17.2 Å². The maximum Gasteiger partial charge on any atom is 0.224 e. The second-order valence-electron chi connectivity index (χ2n) is 6.54. The van der Waals surface area contributed by atoms with Crippen LogP contribution < -0.4 is 15.4 Å². The average molecular weight is 406 g/mol. The van der Waals surface area contributed by atoms with E-state index in [1.54, 1.807) is 10.8 Å². The molecule has 0 radical (unpaired) electrons. The van der Waals surface area contributed by atoms with Crippen LogP contribution in [0.25, 0.3) is 5.65 Å². The summed E-state index contributed by atoms with van der Waals surface area (Å²) in [5, 5.41) is 18.9. The van der Waals surface area contributed by atoms with E-state index in [9.17, 15) is 4.79 Å². The van der Waals surface area contributed by atoms with Crippen molar-refractivity contribution >= 4 is 23.1 Å². The maximum atomic E-state index is 12.3. The number of carbonyl (C=O) groups excluding carboxylic acids is 1. The number of rotatable bonds is 9. The SMILES string of the molecule is CCOc1ccc(NC(=O)CCc2nnc3ccc(NCc4ccco4)nn23)cc1. The molecule has 1 amide bonds. The molecule has 0 fully saturated rings. The molecular weight excluding hydrogens is 384 g/mol. The van der Waals surface area contributed by atoms with E-state index in [4.69, 9.17) is 9.15 Å². The quantitative estimate of drug-likeness (QED) is 0.439. The lowest BCUT2D eigenvalue weighted by atomic mass is 10.2. The van der Waals surface area contributed by atoms with Crippen LogP contribution in [0.2, 0.25) is 0 Å². The number of aryl methyl sites for hydroxylation is 1. The molecule has 9 heteroatoms. The predicted octanol–water partition coefficient (Wildman–Crippen LogP) is 3.30. The number of ether oxygens (including phenoxy) is 1. The summed E-state index contributed by atoms with van der Waals surface area (Å²) in [6.07, 6.45) is 2.31. The largest absolute Gasteiger partial charge is 0.494 e. The molecule has 0 saturated heterocycles. The van der Waals surface area contributed by atoms with E-state index in [-0.39, 0.29) is 12.3 Å². The number of aromatic nitrogens is 4. The number of carbonyl (C=O) groups is 1. The van der Waals surface area contributed by atoms with Gasteiger partial charge in [0.15, 0.2) is 11.5 Å². The van der Waals surface area contributed by atoms with Gasteiger partial charge in [0.2, 0.25) is 5.91 Å². The van der Waals surface area contributed by atoms with Crippen LogP contribution in [0.3, 0.4) is 0 Å². The first-order valence-electron chi connectivity index (χ1n) is 9.71. The highest BCUT2D eigenvalue weighted by atomic mass is 16.5. The minimum atomic E-state index is -0.108. The van der Waals surface area contributed by atoms with Gasteiger partial charge in [-0.15, -0.1) is 15.3 Å². The average Bonchev–Trinajstić information content (AvgIpc) is 3.42. The van der Waals surface area contributed by atoms with Gasteiger partial charge in [-0.3, -0.25) is 4.79 Å². The summed E-state index contributed by atoms with van der Waals surface area (Å²) in [6, 6.07) is 14.7. The Bertz CT molecular complexity index is 1110. The van der Waals surface area contributed by atoms with Crippen LogP contribution in [-0.4, -0.2) is 32.3 Å². The van der Waals surface area contributed by atoms with Crippen molar-refractivity contribution in [2.24, 2.45) is 0 Å². The van der Waals surface area contributed by atoms with E-state index in [2.05, 4.69) is 25.9 Å². The Morgan fingerprint density at radius 2 is 2.00 bits per heavy atom. The summed E-state index contributed by atoms with van der Waals surface area (Å²) in [4.78, 5) is 12.3. The first-order valence-corrected chi connectivity index (χ1v) is 9.71. The Morgan fingerprint density at radius 3 is 2.77 bits per heavy atom. The fourth-order valence-electron chi connectivity index (χ4n) is 2.92. The van der Waals surface area contributed by atoms with Crippen LogP contribution in [0.1, 0.15) is 24.9 Å². The summed E-state index contributed by atoms with van der Waals surface area (Å²) in [5.74, 6) is 2.76. The molecule has 0 unspecified atom stereocenters. The number of anilines is 2. The van der Waals surface area contributed by atoms with Crippen molar-refractivity contribution in [3.8, 4) is 5.75 Å². The molecule has 30 heavy (non-hydrogen) atoms. The fraction of sp³-hybridized carbons (Fsp3) is 0.238. The molecule has 9 nitrogen and oxygen atoms in total. The van der Waals surface area contributed by atoms with E-state index in [1.807, 2.05) is 55.5 Å². The molecule has 0 spiro atoms. The molecule has 0 aliphatic rings. The number of hydrogen-bond donors (Lipinski definition) is 2. The summed E-state index contributed by atoms with van der Waals surface area (Å²) in [7, 11) is 0. The number of benzene rings is 1. The van der Waals surface area contributed by atoms with Crippen molar-refractivity contribution in [1.29, 1.82) is 0 Å². The van der Waals surface area contributed by atoms with Crippen LogP contribution in [0.4, 0.5) is 11.5 Å². The normalized spacial score (nSPS) is 10.8. The zero-order valence-electron chi connectivity index (χ0n) is 16.5. The Kier molecular flexibility index (Phi) is 5.88. The Morgan fingerprint density at radius 1 is 1.13 bits per heavy atom. The monoisotopic (exact) mass is 406 g/mol. The van der Waals surface area contributed by atoms with Crippen molar-refractivity contribution in [1.82, 2.24) is 19.8 Å². The van der Waals surface area contributed by atoms with Gasteiger partial charge in [-0.1, -0.05) is 0 Å². The minimum absolute atomic E-state index is 0.108. The van der Waals surface area contributed by atoms with Gasteiger partial charge in [-0.2, -0.15) is 4.52 Å². The number of fused-ring (bicyclic) bond motifs is 1. The summed E-state index contributed by atoms with van der Waals surface area (Å²) >= 11 is 0. The molecular formula is C21H22N6O3. The van der Waals surface area contributed by atoms with E-state index in [1.165, 1.54) is 0 Å². The highest BCUT2D eigenvalue weighted by molar-refractivity contribution is 5.90. The van der Waals surface area contributed by atoms with Crippen LogP contribution >= 0.6 is 0 Å². The highest BCUT2D eigenvalue weighted by Crippen LogP contribution is 2.16. The maximum absolute atomic E-state index is 12.3. The molecule has 154 valence electrons. The third-order valence-electron chi connectivity index (χ3n) is 4.38. The van der Waals surface area contributed by atoms with Gasteiger partial charge in [0.25, 0.3) is 0 Å². The van der Waals surface area contributed by atoms with Gasteiger partial charge >= 0.3 is 0 Å². The number of hydrogen-bond acceptors (Lipinski definition) is 7. The number of amides is 1. The van der Waals surface area contributed by atoms with Crippen LogP contribution in [0, 0.1) is 0 Å². The molecule has 0 saturated carbocycles. The molecule has 2 N–H and O–H groups in total. The Labute approximate surface area is 173 Å². The van der Waals surface area contributed by atoms with Gasteiger partial charge in [-0.05, 0) is 55.5 Å². The fourth-order valence-corrected chi connectivity index (χ4v) is 2.92. The molecule has 0 bridgehead atoms. The smallest absolute Gasteiger partial charge is 0.224 e. The second-order valence-corrected chi connectivity index (χ2v) is 6.54. The molecule has 0 aliphatic carbocycles. The Balaban J connectivity index is 1.35. The van der Waals surface area contributed by atoms with E-state index in [0.29, 0.717) is 36.9 Å². The lowest BCUT2D eigenvalue weighted by Crippen LogP contribution is -2.13. The van der Waals surface area contributed by atoms with E-state index >= 15 is 0 Å². The van der Waals surface area contributed by atoms with Gasteiger partial charge in [0.05, 0.1) is 19.4 Å². The summed E-state index contributed by atoms with van der Waals surface area (Å²) in [6.45, 7) is 3.05. The minimum Gasteiger partial charge on any atom is -0.494 e. The van der Waals surface area contributed by atoms with Crippen LogP contribution in [0.15, 0.2) is 59.2 Å². The predicted molar refractivity (Wildman–Crippen MR) is 111 cm³/mol. The van der Waals surface area contributed by atoms with Gasteiger partial charge in [0, 0.05) is 18.5 Å². The number of nitrogens with one attached hydrogen (secondary N) is 2. The zero-order valence-corrected chi connectivity index (χ0v) is 16.5. The first kappa shape index (κ1) is 19.4. The van der Waals surface area contributed by atoms with Gasteiger partial charge in [0.1, 0.15) is 17.3 Å². The van der Waals surface area contributed by atoms with Crippen LogP contribution in [0.5, 0.6) is 5.75 Å². The lowest BCUT2D eigenvalue weighted by molar-refractivity contribution is -0.116. The van der Waals surface area contributed by atoms with E-state index < -0.39 is 0 Å². The van der Waals surface area contributed by atoms with Crippen molar-refractivity contribution in [3.63, 3.8) is 0 Å². The number of nitrogens with zero attached hydrogens (tertiary/aromatic N) is 4. The molecule has 4 rings (SSSR count). The van der Waals surface area contributed by atoms with Crippen molar-refractivity contribution in [2.45, 2.75) is 26.3 Å². The Hall–Kier alpha value is -3.88.